The van der Waals surface area contributed by atoms with E-state index in [0.717, 1.165) is 32.9 Å². The molecule has 0 radical (unpaired) electrons. The van der Waals surface area contributed by atoms with Gasteiger partial charge in [0.1, 0.15) is 0 Å². The summed E-state index contributed by atoms with van der Waals surface area (Å²) in [5, 5.41) is 0. The minimum Gasteiger partial charge on any atom is -0.378 e. The molecular formula is C21H17F3N2S. The van der Waals surface area contributed by atoms with Gasteiger partial charge >= 0.3 is 6.18 Å². The smallest absolute Gasteiger partial charge is 0.378 e. The number of benzene rings is 3. The molecule has 0 saturated heterocycles. The highest BCUT2D eigenvalue weighted by Crippen LogP contribution is 2.52. The minimum absolute atomic E-state index is 0.546. The van der Waals surface area contributed by atoms with Gasteiger partial charge in [0, 0.05) is 35.3 Å². The molecule has 2 nitrogen and oxygen atoms in total. The SMILES string of the molecule is CN(C)c1cccc(N2c3ccccc3Sc3ccc(C(F)(F)F)cc32)c1. The highest BCUT2D eigenvalue weighted by Gasteiger charge is 2.33. The predicted octanol–water partition coefficient (Wildman–Crippen LogP) is 6.71. The number of hydrogen-bond acceptors (Lipinski definition) is 3. The van der Waals surface area contributed by atoms with Gasteiger partial charge in [0.25, 0.3) is 0 Å². The van der Waals surface area contributed by atoms with Crippen molar-refractivity contribution in [2.75, 3.05) is 23.9 Å². The van der Waals surface area contributed by atoms with Crippen LogP contribution in [-0.4, -0.2) is 14.1 Å². The fraction of sp³-hybridized carbons (Fsp3) is 0.143. The van der Waals surface area contributed by atoms with Gasteiger partial charge in [0.05, 0.1) is 16.9 Å². The standard InChI is InChI=1S/C21H17F3N2S/c1-25(2)15-6-5-7-16(13-15)26-17-8-3-4-9-19(17)27-20-11-10-14(12-18(20)26)21(22,23)24/h3-13H,1-2H3. The molecule has 4 rings (SSSR count). The fourth-order valence-corrected chi connectivity index (χ4v) is 4.16. The van der Waals surface area contributed by atoms with Crippen LogP contribution in [0.15, 0.2) is 76.5 Å². The maximum absolute atomic E-state index is 13.3. The number of hydrogen-bond donors (Lipinski definition) is 0. The van der Waals surface area contributed by atoms with Crippen molar-refractivity contribution in [3.05, 3.63) is 72.3 Å². The third-order valence-corrected chi connectivity index (χ3v) is 5.59. The lowest BCUT2D eigenvalue weighted by Crippen LogP contribution is -2.17. The number of alkyl halides is 3. The van der Waals surface area contributed by atoms with Gasteiger partial charge in [-0.25, -0.2) is 0 Å². The molecule has 3 aromatic rings. The van der Waals surface area contributed by atoms with Crippen molar-refractivity contribution in [3.63, 3.8) is 0 Å². The van der Waals surface area contributed by atoms with Crippen LogP contribution in [0.3, 0.4) is 0 Å². The predicted molar refractivity (Wildman–Crippen MR) is 105 cm³/mol. The van der Waals surface area contributed by atoms with Gasteiger partial charge in [-0.15, -0.1) is 0 Å². The quantitative estimate of drug-likeness (QED) is 0.378. The van der Waals surface area contributed by atoms with Crippen LogP contribution in [-0.2, 0) is 6.18 Å². The molecule has 0 atom stereocenters. The number of para-hydroxylation sites is 1. The molecule has 1 aliphatic heterocycles. The van der Waals surface area contributed by atoms with E-state index in [4.69, 9.17) is 0 Å². The number of anilines is 4. The lowest BCUT2D eigenvalue weighted by molar-refractivity contribution is -0.137. The first-order valence-corrected chi connectivity index (χ1v) is 9.22. The Labute approximate surface area is 160 Å². The van der Waals surface area contributed by atoms with E-state index in [1.807, 2.05) is 72.4 Å². The van der Waals surface area contributed by atoms with Crippen molar-refractivity contribution in [3.8, 4) is 0 Å². The highest BCUT2D eigenvalue weighted by molar-refractivity contribution is 7.99. The second kappa shape index (κ2) is 6.53. The van der Waals surface area contributed by atoms with Crippen molar-refractivity contribution < 1.29 is 13.2 Å². The number of rotatable bonds is 2. The lowest BCUT2D eigenvalue weighted by Gasteiger charge is -2.33. The van der Waals surface area contributed by atoms with E-state index in [-0.39, 0.29) is 0 Å². The Morgan fingerprint density at radius 1 is 0.815 bits per heavy atom. The molecule has 27 heavy (non-hydrogen) atoms. The van der Waals surface area contributed by atoms with E-state index < -0.39 is 11.7 Å². The zero-order valence-corrected chi connectivity index (χ0v) is 15.6. The topological polar surface area (TPSA) is 6.48 Å². The molecule has 0 aliphatic carbocycles. The Bertz CT molecular complexity index is 999. The van der Waals surface area contributed by atoms with Crippen LogP contribution >= 0.6 is 11.8 Å². The normalized spacial score (nSPS) is 13.1. The van der Waals surface area contributed by atoms with Crippen LogP contribution in [0.1, 0.15) is 5.56 Å². The fourth-order valence-electron chi connectivity index (χ4n) is 3.12. The summed E-state index contributed by atoms with van der Waals surface area (Å²) >= 11 is 1.49. The van der Waals surface area contributed by atoms with Crippen molar-refractivity contribution >= 4 is 34.5 Å². The molecule has 3 aromatic carbocycles. The van der Waals surface area contributed by atoms with Gasteiger partial charge in [-0.05, 0) is 48.5 Å². The van der Waals surface area contributed by atoms with Crippen LogP contribution in [0.25, 0.3) is 0 Å². The Kier molecular flexibility index (Phi) is 4.30. The summed E-state index contributed by atoms with van der Waals surface area (Å²) in [6.07, 6.45) is -4.38. The molecular weight excluding hydrogens is 369 g/mol. The molecule has 0 spiro atoms. The van der Waals surface area contributed by atoms with Gasteiger partial charge in [-0.1, -0.05) is 30.0 Å². The molecule has 6 heteroatoms. The van der Waals surface area contributed by atoms with Crippen molar-refractivity contribution in [1.82, 2.24) is 0 Å². The Morgan fingerprint density at radius 3 is 2.30 bits per heavy atom. The van der Waals surface area contributed by atoms with Crippen molar-refractivity contribution in [2.45, 2.75) is 16.0 Å². The molecule has 0 amide bonds. The van der Waals surface area contributed by atoms with Crippen LogP contribution in [0.4, 0.5) is 35.9 Å². The van der Waals surface area contributed by atoms with Gasteiger partial charge < -0.3 is 9.80 Å². The average Bonchev–Trinajstić information content (AvgIpc) is 2.65. The van der Waals surface area contributed by atoms with Gasteiger partial charge in [-0.3, -0.25) is 0 Å². The zero-order valence-electron chi connectivity index (χ0n) is 14.8. The highest BCUT2D eigenvalue weighted by atomic mass is 32.2. The summed E-state index contributed by atoms with van der Waals surface area (Å²) in [6.45, 7) is 0. The maximum atomic E-state index is 13.3. The van der Waals surface area contributed by atoms with Gasteiger partial charge in [0.15, 0.2) is 0 Å². The summed E-state index contributed by atoms with van der Waals surface area (Å²) in [4.78, 5) is 5.70. The van der Waals surface area contributed by atoms with Gasteiger partial charge in [0.2, 0.25) is 0 Å². The molecule has 0 fully saturated rings. The van der Waals surface area contributed by atoms with Crippen LogP contribution in [0.2, 0.25) is 0 Å². The minimum atomic E-state index is -4.38. The summed E-state index contributed by atoms with van der Waals surface area (Å²) in [7, 11) is 3.88. The Morgan fingerprint density at radius 2 is 1.56 bits per heavy atom. The summed E-state index contributed by atoms with van der Waals surface area (Å²) in [5.41, 5.74) is 2.59. The molecule has 0 N–H and O–H groups in total. The second-order valence-corrected chi connectivity index (χ2v) is 7.58. The molecule has 1 aliphatic rings. The van der Waals surface area contributed by atoms with E-state index in [0.29, 0.717) is 5.69 Å². The van der Waals surface area contributed by atoms with Gasteiger partial charge in [-0.2, -0.15) is 13.2 Å². The van der Waals surface area contributed by atoms with E-state index in [9.17, 15) is 13.2 Å². The lowest BCUT2D eigenvalue weighted by atomic mass is 10.1. The molecule has 0 saturated carbocycles. The summed E-state index contributed by atoms with van der Waals surface area (Å²) in [5.74, 6) is 0. The van der Waals surface area contributed by atoms with E-state index in [1.165, 1.54) is 17.8 Å². The first-order valence-electron chi connectivity index (χ1n) is 8.40. The number of halogens is 3. The summed E-state index contributed by atoms with van der Waals surface area (Å²) < 4.78 is 40.0. The van der Waals surface area contributed by atoms with E-state index in [1.54, 1.807) is 6.07 Å². The van der Waals surface area contributed by atoms with Crippen molar-refractivity contribution in [1.29, 1.82) is 0 Å². The van der Waals surface area contributed by atoms with Crippen LogP contribution in [0, 0.1) is 0 Å². The molecule has 0 unspecified atom stereocenters. The number of nitrogens with zero attached hydrogens (tertiary/aromatic N) is 2. The van der Waals surface area contributed by atoms with E-state index in [2.05, 4.69) is 0 Å². The largest absolute Gasteiger partial charge is 0.416 e. The Balaban J connectivity index is 1.94. The Hall–Kier alpha value is -2.60. The average molecular weight is 386 g/mol. The zero-order chi connectivity index (χ0) is 19.2. The second-order valence-electron chi connectivity index (χ2n) is 6.50. The van der Waals surface area contributed by atoms with Crippen molar-refractivity contribution in [2.24, 2.45) is 0 Å². The van der Waals surface area contributed by atoms with E-state index >= 15 is 0 Å². The molecule has 138 valence electrons. The molecule has 1 heterocycles. The monoisotopic (exact) mass is 386 g/mol. The molecule has 0 bridgehead atoms. The first-order chi connectivity index (χ1) is 12.8. The van der Waals surface area contributed by atoms with Crippen LogP contribution in [0.5, 0.6) is 0 Å². The summed E-state index contributed by atoms with van der Waals surface area (Å²) in [6, 6.07) is 19.5. The number of fused-ring (bicyclic) bond motifs is 2. The third kappa shape index (κ3) is 3.25. The third-order valence-electron chi connectivity index (χ3n) is 4.46. The molecule has 0 aromatic heterocycles. The van der Waals surface area contributed by atoms with Crippen LogP contribution < -0.4 is 9.80 Å². The maximum Gasteiger partial charge on any atom is 0.416 e. The first kappa shape index (κ1) is 17.8.